The van der Waals surface area contributed by atoms with Crippen LogP contribution in [0.5, 0.6) is 0 Å². The average molecular weight is 263 g/mol. The van der Waals surface area contributed by atoms with Gasteiger partial charge in [-0.15, -0.1) is 0 Å². The minimum atomic E-state index is -0.319. The minimum absolute atomic E-state index is 0.159. The highest BCUT2D eigenvalue weighted by Gasteiger charge is 2.23. The van der Waals surface area contributed by atoms with E-state index in [1.807, 2.05) is 60.7 Å². The second-order valence-electron chi connectivity index (χ2n) is 4.76. The molecule has 0 bridgehead atoms. The number of benzene rings is 2. The van der Waals surface area contributed by atoms with Gasteiger partial charge in [-0.2, -0.15) is 5.26 Å². The fraction of sp³-hybridized carbons (Fsp3) is 0.167. The molecule has 2 rings (SSSR count). The summed E-state index contributed by atoms with van der Waals surface area (Å²) in [7, 11) is 0. The summed E-state index contributed by atoms with van der Waals surface area (Å²) in [6.45, 7) is 1.63. The first-order chi connectivity index (χ1) is 9.72. The van der Waals surface area contributed by atoms with Crippen molar-refractivity contribution in [3.05, 3.63) is 83.6 Å². The molecule has 0 aromatic heterocycles. The third-order valence-electron chi connectivity index (χ3n) is 3.26. The lowest BCUT2D eigenvalue weighted by Crippen LogP contribution is -2.08. The van der Waals surface area contributed by atoms with E-state index in [9.17, 15) is 10.4 Å². The summed E-state index contributed by atoms with van der Waals surface area (Å²) in [5, 5.41) is 19.2. The predicted molar refractivity (Wildman–Crippen MR) is 80.4 cm³/mol. The number of hydrogen-bond donors (Lipinski definition) is 1. The lowest BCUT2D eigenvalue weighted by atomic mass is 9.82. The van der Waals surface area contributed by atoms with Crippen molar-refractivity contribution in [2.24, 2.45) is 0 Å². The highest BCUT2D eigenvalue weighted by molar-refractivity contribution is 5.36. The first-order valence-electron chi connectivity index (χ1n) is 6.59. The number of hydrogen-bond acceptors (Lipinski definition) is 2. The second-order valence-corrected chi connectivity index (χ2v) is 4.76. The molecule has 0 saturated heterocycles. The molecule has 0 aliphatic heterocycles. The molecular weight excluding hydrogens is 246 g/mol. The second kappa shape index (κ2) is 6.58. The first kappa shape index (κ1) is 13.9. The third-order valence-corrected chi connectivity index (χ3v) is 3.26. The fourth-order valence-corrected chi connectivity index (χ4v) is 2.34. The molecule has 1 N–H and O–H groups in total. The summed E-state index contributed by atoms with van der Waals surface area (Å²) in [5.74, 6) is -0.246. The van der Waals surface area contributed by atoms with Gasteiger partial charge in [-0.3, -0.25) is 0 Å². The Hall–Kier alpha value is -2.53. The van der Waals surface area contributed by atoms with Crippen LogP contribution in [-0.4, -0.2) is 5.11 Å². The topological polar surface area (TPSA) is 44.0 Å². The van der Waals surface area contributed by atoms with Crippen LogP contribution in [0.2, 0.25) is 0 Å². The van der Waals surface area contributed by atoms with E-state index in [-0.39, 0.29) is 17.6 Å². The predicted octanol–water partition coefficient (Wildman–Crippen LogP) is 4.54. The molecule has 0 saturated carbocycles. The zero-order chi connectivity index (χ0) is 14.4. The highest BCUT2D eigenvalue weighted by atomic mass is 16.3. The molecule has 20 heavy (non-hydrogen) atoms. The van der Waals surface area contributed by atoms with Gasteiger partial charge in [0.25, 0.3) is 0 Å². The Kier molecular flexibility index (Phi) is 4.57. The Morgan fingerprint density at radius 2 is 1.50 bits per heavy atom. The molecule has 0 aliphatic rings. The van der Waals surface area contributed by atoms with Gasteiger partial charge in [-0.25, -0.2) is 0 Å². The van der Waals surface area contributed by atoms with E-state index in [1.165, 1.54) is 0 Å². The van der Waals surface area contributed by atoms with Gasteiger partial charge in [0, 0.05) is 5.92 Å². The quantitative estimate of drug-likeness (QED) is 0.823. The average Bonchev–Trinajstić information content (AvgIpc) is 2.49. The Morgan fingerprint density at radius 3 is 1.95 bits per heavy atom. The van der Waals surface area contributed by atoms with Crippen LogP contribution >= 0.6 is 0 Å². The molecule has 2 aromatic carbocycles. The van der Waals surface area contributed by atoms with Gasteiger partial charge in [-0.1, -0.05) is 60.7 Å². The Bertz CT molecular complexity index is 607. The number of nitrogens with zero attached hydrogens (tertiary/aromatic N) is 1. The molecule has 0 aliphatic carbocycles. The summed E-state index contributed by atoms with van der Waals surface area (Å²) in [6.07, 6.45) is 1.75. The van der Waals surface area contributed by atoms with Gasteiger partial charge in [0.2, 0.25) is 0 Å². The van der Waals surface area contributed by atoms with Crippen LogP contribution in [-0.2, 0) is 0 Å². The number of nitriles is 1. The van der Waals surface area contributed by atoms with E-state index in [0.717, 1.165) is 11.1 Å². The Balaban J connectivity index is 2.46. The Labute approximate surface area is 119 Å². The lowest BCUT2D eigenvalue weighted by Gasteiger charge is -2.20. The highest BCUT2D eigenvalue weighted by Crippen LogP contribution is 2.34. The van der Waals surface area contributed by atoms with Crippen LogP contribution in [0.25, 0.3) is 0 Å². The summed E-state index contributed by atoms with van der Waals surface area (Å²) in [5.41, 5.74) is 1.98. The van der Waals surface area contributed by atoms with Crippen LogP contribution in [0.3, 0.4) is 0 Å². The molecule has 0 radical (unpaired) electrons. The van der Waals surface area contributed by atoms with E-state index >= 15 is 0 Å². The van der Waals surface area contributed by atoms with Crippen molar-refractivity contribution in [3.8, 4) is 6.07 Å². The maximum atomic E-state index is 9.63. The normalized spacial score (nSPS) is 14.3. The lowest BCUT2D eigenvalue weighted by molar-refractivity contribution is 0.408. The van der Waals surface area contributed by atoms with Gasteiger partial charge < -0.3 is 5.11 Å². The molecular formula is C18H17NO. The van der Waals surface area contributed by atoms with Crippen LogP contribution < -0.4 is 0 Å². The third kappa shape index (κ3) is 3.27. The van der Waals surface area contributed by atoms with E-state index < -0.39 is 0 Å². The maximum Gasteiger partial charge on any atom is 0.0858 e. The molecule has 2 heteroatoms. The number of rotatable bonds is 4. The van der Waals surface area contributed by atoms with Crippen molar-refractivity contribution < 1.29 is 5.11 Å². The number of aliphatic hydroxyl groups excluding tert-OH is 1. The molecule has 2 atom stereocenters. The van der Waals surface area contributed by atoms with E-state index in [1.54, 1.807) is 13.0 Å². The van der Waals surface area contributed by atoms with E-state index in [4.69, 9.17) is 0 Å². The monoisotopic (exact) mass is 263 g/mol. The minimum Gasteiger partial charge on any atom is -0.513 e. The van der Waals surface area contributed by atoms with Gasteiger partial charge in [-0.05, 0) is 24.1 Å². The molecule has 0 spiro atoms. The standard InChI is InChI=1S/C18H17NO/c1-14(20)12-17(15-8-4-2-5-9-15)18(13-19)16-10-6-3-7-11-16/h2-12,17-18,20H,1H3/b14-12-. The summed E-state index contributed by atoms with van der Waals surface area (Å²) < 4.78 is 0. The number of allylic oxidation sites excluding steroid dienone is 2. The molecule has 100 valence electrons. The van der Waals surface area contributed by atoms with E-state index in [0.29, 0.717) is 0 Å². The van der Waals surface area contributed by atoms with Gasteiger partial charge in [0.05, 0.1) is 17.7 Å². The zero-order valence-electron chi connectivity index (χ0n) is 11.4. The first-order valence-corrected chi connectivity index (χ1v) is 6.59. The molecule has 0 amide bonds. The van der Waals surface area contributed by atoms with E-state index in [2.05, 4.69) is 6.07 Å². The van der Waals surface area contributed by atoms with Gasteiger partial charge >= 0.3 is 0 Å². The van der Waals surface area contributed by atoms with Gasteiger partial charge in [0.1, 0.15) is 0 Å². The molecule has 2 nitrogen and oxygen atoms in total. The molecule has 2 aromatic rings. The molecule has 0 heterocycles. The summed E-state index contributed by atoms with van der Waals surface area (Å²) >= 11 is 0. The largest absolute Gasteiger partial charge is 0.513 e. The SMILES string of the molecule is C/C(O)=C/C(c1ccccc1)C(C#N)c1ccccc1. The van der Waals surface area contributed by atoms with Crippen molar-refractivity contribution in [2.45, 2.75) is 18.8 Å². The smallest absolute Gasteiger partial charge is 0.0858 e. The van der Waals surface area contributed by atoms with Crippen molar-refractivity contribution in [3.63, 3.8) is 0 Å². The van der Waals surface area contributed by atoms with Crippen LogP contribution in [0.1, 0.15) is 29.9 Å². The van der Waals surface area contributed by atoms with Crippen LogP contribution in [0, 0.1) is 11.3 Å². The molecule has 2 unspecified atom stereocenters. The van der Waals surface area contributed by atoms with Crippen molar-refractivity contribution in [1.82, 2.24) is 0 Å². The van der Waals surface area contributed by atoms with Crippen molar-refractivity contribution >= 4 is 0 Å². The molecule has 0 fully saturated rings. The zero-order valence-corrected chi connectivity index (χ0v) is 11.4. The summed E-state index contributed by atoms with van der Waals surface area (Å²) in [4.78, 5) is 0. The van der Waals surface area contributed by atoms with Crippen LogP contribution in [0.15, 0.2) is 72.5 Å². The maximum absolute atomic E-state index is 9.63. The van der Waals surface area contributed by atoms with Crippen LogP contribution in [0.4, 0.5) is 0 Å². The van der Waals surface area contributed by atoms with Crippen molar-refractivity contribution in [2.75, 3.05) is 0 Å². The van der Waals surface area contributed by atoms with Gasteiger partial charge in [0.15, 0.2) is 0 Å². The Morgan fingerprint density at radius 1 is 1.00 bits per heavy atom. The number of aliphatic hydroxyl groups is 1. The fourth-order valence-electron chi connectivity index (χ4n) is 2.34. The van der Waals surface area contributed by atoms with Crippen molar-refractivity contribution in [1.29, 1.82) is 5.26 Å². The summed E-state index contributed by atoms with van der Waals surface area (Å²) in [6, 6.07) is 21.9.